The van der Waals surface area contributed by atoms with Crippen LogP contribution in [0.2, 0.25) is 0 Å². The molecule has 0 atom stereocenters. The summed E-state index contributed by atoms with van der Waals surface area (Å²) in [4.78, 5) is 2.32. The molecular weight excluding hydrogens is 248 g/mol. The SMILES string of the molecule is CCNCc1cccc(OCCN(C)CC(C)(C)C)c1. The maximum Gasteiger partial charge on any atom is 0.119 e. The highest BCUT2D eigenvalue weighted by atomic mass is 16.5. The lowest BCUT2D eigenvalue weighted by Crippen LogP contribution is -2.32. The van der Waals surface area contributed by atoms with Crippen LogP contribution in [0, 0.1) is 5.41 Å². The molecule has 0 radical (unpaired) electrons. The number of nitrogens with zero attached hydrogens (tertiary/aromatic N) is 1. The lowest BCUT2D eigenvalue weighted by molar-refractivity contribution is 0.188. The van der Waals surface area contributed by atoms with Gasteiger partial charge in [-0.2, -0.15) is 0 Å². The summed E-state index contributed by atoms with van der Waals surface area (Å²) in [6, 6.07) is 8.33. The van der Waals surface area contributed by atoms with E-state index in [1.54, 1.807) is 0 Å². The Hall–Kier alpha value is -1.06. The second-order valence-corrected chi connectivity index (χ2v) is 6.57. The largest absolute Gasteiger partial charge is 0.492 e. The van der Waals surface area contributed by atoms with Crippen molar-refractivity contribution >= 4 is 0 Å². The van der Waals surface area contributed by atoms with Gasteiger partial charge in [0.25, 0.3) is 0 Å². The summed E-state index contributed by atoms with van der Waals surface area (Å²) >= 11 is 0. The third-order valence-electron chi connectivity index (χ3n) is 2.96. The van der Waals surface area contributed by atoms with Crippen molar-refractivity contribution in [2.24, 2.45) is 5.41 Å². The minimum atomic E-state index is 0.334. The molecule has 1 rings (SSSR count). The summed E-state index contributed by atoms with van der Waals surface area (Å²) in [5, 5.41) is 3.33. The van der Waals surface area contributed by atoms with Gasteiger partial charge in [0.2, 0.25) is 0 Å². The van der Waals surface area contributed by atoms with Crippen molar-refractivity contribution in [1.82, 2.24) is 10.2 Å². The molecule has 0 aliphatic carbocycles. The smallest absolute Gasteiger partial charge is 0.119 e. The molecule has 0 aromatic heterocycles. The Kier molecular flexibility index (Phi) is 7.03. The molecule has 1 aromatic carbocycles. The van der Waals surface area contributed by atoms with E-state index in [9.17, 15) is 0 Å². The molecular formula is C17H30N2O. The van der Waals surface area contributed by atoms with Crippen molar-refractivity contribution in [1.29, 1.82) is 0 Å². The number of benzene rings is 1. The lowest BCUT2D eigenvalue weighted by atomic mass is 9.96. The van der Waals surface area contributed by atoms with Crippen LogP contribution in [0.1, 0.15) is 33.3 Å². The molecule has 114 valence electrons. The molecule has 0 aliphatic rings. The first-order chi connectivity index (χ1) is 9.40. The molecule has 0 fully saturated rings. The number of hydrogen-bond acceptors (Lipinski definition) is 3. The number of likely N-dealkylation sites (N-methyl/N-ethyl adjacent to an activating group) is 1. The third-order valence-corrected chi connectivity index (χ3v) is 2.96. The molecule has 0 saturated heterocycles. The lowest BCUT2D eigenvalue weighted by Gasteiger charge is -2.26. The number of hydrogen-bond donors (Lipinski definition) is 1. The van der Waals surface area contributed by atoms with Crippen LogP contribution < -0.4 is 10.1 Å². The molecule has 1 aromatic rings. The van der Waals surface area contributed by atoms with Crippen LogP contribution in [-0.2, 0) is 6.54 Å². The maximum absolute atomic E-state index is 5.84. The highest BCUT2D eigenvalue weighted by Crippen LogP contribution is 2.15. The Bertz CT molecular complexity index is 385. The highest BCUT2D eigenvalue weighted by Gasteiger charge is 2.13. The van der Waals surface area contributed by atoms with Gasteiger partial charge < -0.3 is 15.0 Å². The predicted molar refractivity (Wildman–Crippen MR) is 86.3 cm³/mol. The average molecular weight is 278 g/mol. The minimum Gasteiger partial charge on any atom is -0.492 e. The molecule has 3 nitrogen and oxygen atoms in total. The molecule has 0 heterocycles. The summed E-state index contributed by atoms with van der Waals surface area (Å²) < 4.78 is 5.84. The number of ether oxygens (including phenoxy) is 1. The van der Waals surface area contributed by atoms with Gasteiger partial charge in [0.15, 0.2) is 0 Å². The first kappa shape index (κ1) is 17.0. The van der Waals surface area contributed by atoms with E-state index in [-0.39, 0.29) is 0 Å². The van der Waals surface area contributed by atoms with E-state index in [0.29, 0.717) is 5.41 Å². The maximum atomic E-state index is 5.84. The van der Waals surface area contributed by atoms with Gasteiger partial charge in [-0.05, 0) is 36.7 Å². The normalized spacial score (nSPS) is 11.9. The number of nitrogens with one attached hydrogen (secondary N) is 1. The van der Waals surface area contributed by atoms with Crippen molar-refractivity contribution in [3.63, 3.8) is 0 Å². The van der Waals surface area contributed by atoms with E-state index in [4.69, 9.17) is 4.74 Å². The van der Waals surface area contributed by atoms with Crippen molar-refractivity contribution in [3.8, 4) is 5.75 Å². The molecule has 1 N–H and O–H groups in total. The third kappa shape index (κ3) is 7.51. The van der Waals surface area contributed by atoms with Gasteiger partial charge in [-0.3, -0.25) is 0 Å². The van der Waals surface area contributed by atoms with E-state index < -0.39 is 0 Å². The zero-order valence-electron chi connectivity index (χ0n) is 13.7. The van der Waals surface area contributed by atoms with Crippen molar-refractivity contribution in [3.05, 3.63) is 29.8 Å². The standard InChI is InChI=1S/C17H30N2O/c1-6-18-13-15-8-7-9-16(12-15)20-11-10-19(5)14-17(2,3)4/h7-9,12,18H,6,10-11,13-14H2,1-5H3. The second kappa shape index (κ2) is 8.28. The molecule has 0 bridgehead atoms. The van der Waals surface area contributed by atoms with Gasteiger partial charge in [0.1, 0.15) is 12.4 Å². The van der Waals surface area contributed by atoms with Crippen LogP contribution in [0.25, 0.3) is 0 Å². The molecule has 0 amide bonds. The Morgan fingerprint density at radius 2 is 2.00 bits per heavy atom. The van der Waals surface area contributed by atoms with E-state index in [1.165, 1.54) is 5.56 Å². The summed E-state index contributed by atoms with van der Waals surface area (Å²) in [7, 11) is 2.15. The Labute approximate surface area is 124 Å². The van der Waals surface area contributed by atoms with E-state index in [0.717, 1.165) is 38.5 Å². The molecule has 0 saturated carbocycles. The van der Waals surface area contributed by atoms with Crippen molar-refractivity contribution in [2.45, 2.75) is 34.2 Å². The predicted octanol–water partition coefficient (Wildman–Crippen LogP) is 3.15. The second-order valence-electron chi connectivity index (χ2n) is 6.57. The van der Waals surface area contributed by atoms with Crippen LogP contribution in [0.4, 0.5) is 0 Å². The van der Waals surface area contributed by atoms with Gasteiger partial charge >= 0.3 is 0 Å². The van der Waals surface area contributed by atoms with Gasteiger partial charge in [-0.1, -0.05) is 39.8 Å². The van der Waals surface area contributed by atoms with Gasteiger partial charge in [0, 0.05) is 19.6 Å². The summed E-state index contributed by atoms with van der Waals surface area (Å²) in [6.45, 7) is 13.5. The quantitative estimate of drug-likeness (QED) is 0.790. The fraction of sp³-hybridized carbons (Fsp3) is 0.647. The molecule has 20 heavy (non-hydrogen) atoms. The minimum absolute atomic E-state index is 0.334. The van der Waals surface area contributed by atoms with Crippen molar-refractivity contribution < 1.29 is 4.74 Å². The molecule has 0 aliphatic heterocycles. The topological polar surface area (TPSA) is 24.5 Å². The average Bonchev–Trinajstić information content (AvgIpc) is 2.34. The Morgan fingerprint density at radius 1 is 1.25 bits per heavy atom. The Morgan fingerprint density at radius 3 is 2.65 bits per heavy atom. The van der Waals surface area contributed by atoms with Crippen LogP contribution in [0.15, 0.2) is 24.3 Å². The molecule has 0 spiro atoms. The fourth-order valence-corrected chi connectivity index (χ4v) is 2.22. The molecule has 3 heteroatoms. The first-order valence-corrected chi connectivity index (χ1v) is 7.52. The summed E-state index contributed by atoms with van der Waals surface area (Å²) in [5.41, 5.74) is 1.60. The first-order valence-electron chi connectivity index (χ1n) is 7.52. The van der Waals surface area contributed by atoms with Crippen LogP contribution in [0.3, 0.4) is 0 Å². The van der Waals surface area contributed by atoms with Crippen LogP contribution >= 0.6 is 0 Å². The van der Waals surface area contributed by atoms with E-state index >= 15 is 0 Å². The zero-order chi connectivity index (χ0) is 15.0. The monoisotopic (exact) mass is 278 g/mol. The summed E-state index contributed by atoms with van der Waals surface area (Å²) in [6.07, 6.45) is 0. The fourth-order valence-electron chi connectivity index (χ4n) is 2.22. The van der Waals surface area contributed by atoms with E-state index in [1.807, 2.05) is 6.07 Å². The van der Waals surface area contributed by atoms with Gasteiger partial charge in [-0.15, -0.1) is 0 Å². The van der Waals surface area contributed by atoms with Crippen LogP contribution in [0.5, 0.6) is 5.75 Å². The van der Waals surface area contributed by atoms with Gasteiger partial charge in [0.05, 0.1) is 0 Å². The highest BCUT2D eigenvalue weighted by molar-refractivity contribution is 5.28. The Balaban J connectivity index is 2.34. The molecule has 0 unspecified atom stereocenters. The van der Waals surface area contributed by atoms with Gasteiger partial charge in [-0.25, -0.2) is 0 Å². The van der Waals surface area contributed by atoms with Crippen LogP contribution in [-0.4, -0.2) is 38.2 Å². The van der Waals surface area contributed by atoms with E-state index in [2.05, 4.69) is 63.2 Å². The van der Waals surface area contributed by atoms with Crippen molar-refractivity contribution in [2.75, 3.05) is 33.3 Å². The zero-order valence-corrected chi connectivity index (χ0v) is 13.7. The summed E-state index contributed by atoms with van der Waals surface area (Å²) in [5.74, 6) is 0.963. The number of rotatable bonds is 8.